The Hall–Kier alpha value is -2.91. The Bertz CT molecular complexity index is 863. The Labute approximate surface area is 146 Å². The topological polar surface area (TPSA) is 78.0 Å². The van der Waals surface area contributed by atoms with Crippen molar-refractivity contribution in [1.82, 2.24) is 14.9 Å². The van der Waals surface area contributed by atoms with Gasteiger partial charge in [0, 0.05) is 19.3 Å². The van der Waals surface area contributed by atoms with E-state index >= 15 is 0 Å². The molecule has 6 heteroatoms. The van der Waals surface area contributed by atoms with Gasteiger partial charge in [0.2, 0.25) is 5.89 Å². The molecule has 0 saturated carbocycles. The maximum absolute atomic E-state index is 8.80. The number of hydrogen-bond acceptors (Lipinski definition) is 6. The molecule has 1 atom stereocenters. The fraction of sp³-hybridized carbons (Fsp3) is 0.316. The molecule has 1 N–H and O–H groups in total. The van der Waals surface area contributed by atoms with Gasteiger partial charge in [0.05, 0.1) is 12.1 Å². The van der Waals surface area contributed by atoms with E-state index in [1.54, 1.807) is 12.3 Å². The first-order valence-corrected chi connectivity index (χ1v) is 8.47. The van der Waals surface area contributed by atoms with Gasteiger partial charge >= 0.3 is 0 Å². The lowest BCUT2D eigenvalue weighted by molar-refractivity contribution is 0.286. The van der Waals surface area contributed by atoms with Gasteiger partial charge in [-0.25, -0.2) is 9.97 Å². The number of likely N-dealkylation sites (tertiary alicyclic amines) is 1. The number of nitrogens with one attached hydrogen (secondary N) is 1. The monoisotopic (exact) mass is 333 g/mol. The van der Waals surface area contributed by atoms with Crippen LogP contribution in [0.4, 0.5) is 5.82 Å². The first kappa shape index (κ1) is 15.6. The van der Waals surface area contributed by atoms with Crippen molar-refractivity contribution in [3.8, 4) is 6.07 Å². The summed E-state index contributed by atoms with van der Waals surface area (Å²) in [6.07, 6.45) is 2.74. The molecule has 1 fully saturated rings. The van der Waals surface area contributed by atoms with Crippen LogP contribution in [-0.4, -0.2) is 34.5 Å². The molecule has 6 nitrogen and oxygen atoms in total. The molecule has 3 aromatic rings. The second-order valence-corrected chi connectivity index (χ2v) is 6.39. The van der Waals surface area contributed by atoms with E-state index in [0.717, 1.165) is 55.4 Å². The summed E-state index contributed by atoms with van der Waals surface area (Å²) in [5.74, 6) is 2.17. The number of oxazole rings is 1. The molecule has 25 heavy (non-hydrogen) atoms. The Balaban J connectivity index is 1.29. The molecule has 3 heterocycles. The number of nitriles is 1. The first-order valence-electron chi connectivity index (χ1n) is 8.47. The van der Waals surface area contributed by atoms with E-state index in [0.29, 0.717) is 11.5 Å². The van der Waals surface area contributed by atoms with Crippen molar-refractivity contribution in [3.63, 3.8) is 0 Å². The lowest BCUT2D eigenvalue weighted by Gasteiger charge is -2.14. The Morgan fingerprint density at radius 1 is 1.28 bits per heavy atom. The van der Waals surface area contributed by atoms with E-state index < -0.39 is 0 Å². The zero-order valence-electron chi connectivity index (χ0n) is 13.9. The van der Waals surface area contributed by atoms with Crippen molar-refractivity contribution < 1.29 is 4.42 Å². The maximum atomic E-state index is 8.80. The van der Waals surface area contributed by atoms with Crippen LogP contribution in [0, 0.1) is 17.2 Å². The number of nitrogens with zero attached hydrogens (tertiary/aromatic N) is 4. The van der Waals surface area contributed by atoms with Crippen molar-refractivity contribution >= 4 is 16.9 Å². The minimum absolute atomic E-state index is 0.571. The number of aromatic nitrogens is 2. The third kappa shape index (κ3) is 3.62. The van der Waals surface area contributed by atoms with Crippen LogP contribution >= 0.6 is 0 Å². The van der Waals surface area contributed by atoms with Crippen LogP contribution in [0.3, 0.4) is 0 Å². The fourth-order valence-electron chi connectivity index (χ4n) is 3.22. The van der Waals surface area contributed by atoms with Gasteiger partial charge in [0.15, 0.2) is 5.58 Å². The van der Waals surface area contributed by atoms with Gasteiger partial charge in [0.1, 0.15) is 17.4 Å². The van der Waals surface area contributed by atoms with Crippen LogP contribution in [0.5, 0.6) is 0 Å². The van der Waals surface area contributed by atoms with Gasteiger partial charge in [-0.05, 0) is 43.1 Å². The summed E-state index contributed by atoms with van der Waals surface area (Å²) in [6.45, 7) is 3.69. The molecule has 1 aliphatic rings. The Morgan fingerprint density at radius 2 is 2.20 bits per heavy atom. The van der Waals surface area contributed by atoms with Crippen molar-refractivity contribution in [2.75, 3.05) is 25.0 Å². The average Bonchev–Trinajstić information content (AvgIpc) is 3.26. The molecule has 1 aromatic carbocycles. The lowest BCUT2D eigenvalue weighted by Crippen LogP contribution is -2.23. The first-order chi connectivity index (χ1) is 12.3. The van der Waals surface area contributed by atoms with Crippen molar-refractivity contribution in [2.24, 2.45) is 5.92 Å². The van der Waals surface area contributed by atoms with Crippen molar-refractivity contribution in [1.29, 1.82) is 5.26 Å². The van der Waals surface area contributed by atoms with Gasteiger partial charge in [-0.3, -0.25) is 4.90 Å². The SMILES string of the molecule is N#Cc1ccc(NC[C@@H]2CCN(Cc3nc4ccccc4o3)C2)nc1. The third-order valence-corrected chi connectivity index (χ3v) is 4.53. The van der Waals surface area contributed by atoms with Crippen LogP contribution in [0.1, 0.15) is 17.9 Å². The maximum Gasteiger partial charge on any atom is 0.209 e. The summed E-state index contributed by atoms with van der Waals surface area (Å²) >= 11 is 0. The van der Waals surface area contributed by atoms with E-state index in [9.17, 15) is 0 Å². The van der Waals surface area contributed by atoms with E-state index in [2.05, 4.69) is 26.3 Å². The summed E-state index contributed by atoms with van der Waals surface area (Å²) in [5, 5.41) is 12.2. The van der Waals surface area contributed by atoms with Crippen molar-refractivity contribution in [3.05, 3.63) is 54.0 Å². The fourth-order valence-corrected chi connectivity index (χ4v) is 3.22. The zero-order chi connectivity index (χ0) is 17.1. The minimum Gasteiger partial charge on any atom is -0.439 e. The average molecular weight is 333 g/mol. The van der Waals surface area contributed by atoms with Crippen LogP contribution in [-0.2, 0) is 6.54 Å². The third-order valence-electron chi connectivity index (χ3n) is 4.53. The second-order valence-electron chi connectivity index (χ2n) is 6.39. The predicted molar refractivity (Wildman–Crippen MR) is 94.8 cm³/mol. The highest BCUT2D eigenvalue weighted by Crippen LogP contribution is 2.21. The molecule has 2 aromatic heterocycles. The second kappa shape index (κ2) is 6.91. The van der Waals surface area contributed by atoms with Crippen molar-refractivity contribution in [2.45, 2.75) is 13.0 Å². The largest absolute Gasteiger partial charge is 0.439 e. The van der Waals surface area contributed by atoms with E-state index in [1.807, 2.05) is 30.3 Å². The standard InChI is InChI=1S/C19H19N5O/c20-9-14-5-6-18(21-10-14)22-11-15-7-8-24(12-15)13-19-23-16-3-1-2-4-17(16)25-19/h1-6,10,15H,7-8,11-13H2,(H,21,22)/t15-/m0/s1. The highest BCUT2D eigenvalue weighted by molar-refractivity contribution is 5.72. The van der Waals surface area contributed by atoms with Crippen LogP contribution in [0.15, 0.2) is 47.0 Å². The number of hydrogen-bond donors (Lipinski definition) is 1. The van der Waals surface area contributed by atoms with E-state index in [1.165, 1.54) is 0 Å². The Morgan fingerprint density at radius 3 is 3.00 bits per heavy atom. The highest BCUT2D eigenvalue weighted by Gasteiger charge is 2.23. The van der Waals surface area contributed by atoms with Crippen LogP contribution in [0.25, 0.3) is 11.1 Å². The molecule has 0 bridgehead atoms. The van der Waals surface area contributed by atoms with Gasteiger partial charge in [-0.15, -0.1) is 0 Å². The minimum atomic E-state index is 0.571. The molecule has 1 saturated heterocycles. The number of pyridine rings is 1. The molecule has 126 valence electrons. The smallest absolute Gasteiger partial charge is 0.209 e. The summed E-state index contributed by atoms with van der Waals surface area (Å²) in [4.78, 5) is 11.2. The molecule has 0 aliphatic carbocycles. The molecule has 4 rings (SSSR count). The highest BCUT2D eigenvalue weighted by atomic mass is 16.3. The summed E-state index contributed by atoms with van der Waals surface area (Å²) in [5.41, 5.74) is 2.35. The van der Waals surface area contributed by atoms with Gasteiger partial charge < -0.3 is 9.73 Å². The zero-order valence-corrected chi connectivity index (χ0v) is 13.9. The van der Waals surface area contributed by atoms with Gasteiger partial charge in [0.25, 0.3) is 0 Å². The molecule has 0 radical (unpaired) electrons. The normalized spacial score (nSPS) is 17.6. The number of benzene rings is 1. The van der Waals surface area contributed by atoms with Gasteiger partial charge in [-0.1, -0.05) is 12.1 Å². The lowest BCUT2D eigenvalue weighted by atomic mass is 10.1. The molecular formula is C19H19N5O. The van der Waals surface area contributed by atoms with Crippen LogP contribution < -0.4 is 5.32 Å². The van der Waals surface area contributed by atoms with Gasteiger partial charge in [-0.2, -0.15) is 5.26 Å². The number of rotatable bonds is 5. The number of fused-ring (bicyclic) bond motifs is 1. The molecular weight excluding hydrogens is 314 g/mol. The number of anilines is 1. The summed E-state index contributed by atoms with van der Waals surface area (Å²) in [7, 11) is 0. The summed E-state index contributed by atoms with van der Waals surface area (Å²) in [6, 6.07) is 13.6. The quantitative estimate of drug-likeness (QED) is 0.773. The Kier molecular flexibility index (Phi) is 4.32. The van der Waals surface area contributed by atoms with E-state index in [4.69, 9.17) is 9.68 Å². The summed E-state index contributed by atoms with van der Waals surface area (Å²) < 4.78 is 5.81. The van der Waals surface area contributed by atoms with Crippen LogP contribution in [0.2, 0.25) is 0 Å². The molecule has 1 aliphatic heterocycles. The predicted octanol–water partition coefficient (Wildman–Crippen LogP) is 3.03. The molecule has 0 amide bonds. The molecule has 0 unspecified atom stereocenters. The van der Waals surface area contributed by atoms with E-state index in [-0.39, 0.29) is 0 Å². The number of para-hydroxylation sites is 2. The molecule has 0 spiro atoms.